The number of benzene rings is 1. The number of thioether (sulfide) groups is 1. The monoisotopic (exact) mass is 429 g/mol. The summed E-state index contributed by atoms with van der Waals surface area (Å²) in [5.41, 5.74) is 1.43. The second-order valence-corrected chi connectivity index (χ2v) is 9.33. The van der Waals surface area contributed by atoms with Crippen molar-refractivity contribution in [3.63, 3.8) is 0 Å². The maximum atomic E-state index is 12.9. The van der Waals surface area contributed by atoms with E-state index in [0.717, 1.165) is 35.0 Å². The normalized spacial score (nSPS) is 16.0. The van der Waals surface area contributed by atoms with Crippen molar-refractivity contribution < 1.29 is 9.72 Å². The molecule has 2 heterocycles. The van der Waals surface area contributed by atoms with E-state index < -0.39 is 4.92 Å². The maximum absolute atomic E-state index is 12.9. The van der Waals surface area contributed by atoms with Crippen molar-refractivity contribution in [1.29, 1.82) is 0 Å². The number of nitro benzene ring substituents is 1. The standard InChI is InChI=1S/C20H19N3O4S2/c1-11-3-8-14-16(9-11)29-18-17(14)19(25)22(2)20(21-18)28-10-15(24)12-4-6-13(7-5-12)23(26)27/h4-7,11H,3,8-10H2,1-2H3. The van der Waals surface area contributed by atoms with Crippen LogP contribution in [0.1, 0.15) is 34.1 Å². The molecule has 0 bridgehead atoms. The molecule has 0 radical (unpaired) electrons. The number of carbonyl (C=O) groups excluding carboxylic acids is 1. The third kappa shape index (κ3) is 3.72. The van der Waals surface area contributed by atoms with Gasteiger partial charge in [-0.25, -0.2) is 4.98 Å². The van der Waals surface area contributed by atoms with Crippen LogP contribution in [0.5, 0.6) is 0 Å². The fraction of sp³-hybridized carbons (Fsp3) is 0.350. The molecule has 1 aromatic carbocycles. The average Bonchev–Trinajstić information content (AvgIpc) is 3.06. The van der Waals surface area contributed by atoms with Crippen LogP contribution >= 0.6 is 23.1 Å². The van der Waals surface area contributed by atoms with Gasteiger partial charge in [0.25, 0.3) is 11.2 Å². The molecule has 1 aliphatic carbocycles. The average molecular weight is 430 g/mol. The van der Waals surface area contributed by atoms with Gasteiger partial charge in [0, 0.05) is 29.6 Å². The molecule has 0 fully saturated rings. The summed E-state index contributed by atoms with van der Waals surface area (Å²) in [6.45, 7) is 2.23. The Hall–Kier alpha value is -2.52. The Kier molecular flexibility index (Phi) is 5.26. The van der Waals surface area contributed by atoms with Gasteiger partial charge in [-0.1, -0.05) is 18.7 Å². The molecule has 7 nitrogen and oxygen atoms in total. The van der Waals surface area contributed by atoms with Gasteiger partial charge in [0.1, 0.15) is 4.83 Å². The first-order valence-electron chi connectivity index (χ1n) is 9.27. The van der Waals surface area contributed by atoms with Gasteiger partial charge in [0.05, 0.1) is 16.1 Å². The molecule has 29 heavy (non-hydrogen) atoms. The lowest BCUT2D eigenvalue weighted by atomic mass is 9.89. The molecule has 2 aromatic heterocycles. The van der Waals surface area contributed by atoms with Gasteiger partial charge >= 0.3 is 0 Å². The molecule has 150 valence electrons. The van der Waals surface area contributed by atoms with E-state index in [2.05, 4.69) is 11.9 Å². The number of carbonyl (C=O) groups is 1. The predicted octanol–water partition coefficient (Wildman–Crippen LogP) is 4.00. The van der Waals surface area contributed by atoms with E-state index >= 15 is 0 Å². The molecule has 0 aliphatic heterocycles. The van der Waals surface area contributed by atoms with Gasteiger partial charge in [-0.05, 0) is 42.9 Å². The van der Waals surface area contributed by atoms with Gasteiger partial charge in [-0.2, -0.15) is 0 Å². The van der Waals surface area contributed by atoms with Crippen molar-refractivity contribution >= 4 is 44.8 Å². The number of fused-ring (bicyclic) bond motifs is 3. The Bertz CT molecular complexity index is 1180. The Morgan fingerprint density at radius 3 is 2.79 bits per heavy atom. The van der Waals surface area contributed by atoms with E-state index in [1.54, 1.807) is 18.4 Å². The van der Waals surface area contributed by atoms with Crippen molar-refractivity contribution in [3.05, 3.63) is 60.7 Å². The fourth-order valence-corrected chi connectivity index (χ4v) is 5.85. The predicted molar refractivity (Wildman–Crippen MR) is 114 cm³/mol. The first-order chi connectivity index (χ1) is 13.8. The molecular formula is C20H19N3O4S2. The van der Waals surface area contributed by atoms with E-state index in [1.165, 1.54) is 45.5 Å². The summed E-state index contributed by atoms with van der Waals surface area (Å²) >= 11 is 2.80. The van der Waals surface area contributed by atoms with Crippen LogP contribution in [0.25, 0.3) is 10.2 Å². The SMILES string of the molecule is CC1CCc2c(sc3nc(SCC(=O)c4ccc([N+](=O)[O-])cc4)n(C)c(=O)c23)C1. The van der Waals surface area contributed by atoms with Crippen molar-refractivity contribution in [1.82, 2.24) is 9.55 Å². The third-order valence-corrected chi connectivity index (χ3v) is 7.41. The molecule has 0 spiro atoms. The van der Waals surface area contributed by atoms with E-state index in [-0.39, 0.29) is 22.8 Å². The Balaban J connectivity index is 1.58. The van der Waals surface area contributed by atoms with Gasteiger partial charge in [-0.3, -0.25) is 24.3 Å². The highest BCUT2D eigenvalue weighted by molar-refractivity contribution is 7.99. The van der Waals surface area contributed by atoms with Crippen molar-refractivity contribution in [2.24, 2.45) is 13.0 Å². The highest BCUT2D eigenvalue weighted by Crippen LogP contribution is 2.36. The lowest BCUT2D eigenvalue weighted by molar-refractivity contribution is -0.384. The molecule has 1 unspecified atom stereocenters. The van der Waals surface area contributed by atoms with Crippen LogP contribution in [0, 0.1) is 16.0 Å². The molecule has 0 saturated carbocycles. The van der Waals surface area contributed by atoms with Crippen molar-refractivity contribution in [2.75, 3.05) is 5.75 Å². The zero-order valence-corrected chi connectivity index (χ0v) is 17.6. The molecule has 3 aromatic rings. The van der Waals surface area contributed by atoms with E-state index in [4.69, 9.17) is 0 Å². The summed E-state index contributed by atoms with van der Waals surface area (Å²) in [5.74, 6) is 0.553. The number of nitro groups is 1. The zero-order valence-electron chi connectivity index (χ0n) is 16.0. The maximum Gasteiger partial charge on any atom is 0.269 e. The highest BCUT2D eigenvalue weighted by atomic mass is 32.2. The summed E-state index contributed by atoms with van der Waals surface area (Å²) in [5, 5.41) is 12.0. The minimum absolute atomic E-state index is 0.0558. The summed E-state index contributed by atoms with van der Waals surface area (Å²) in [4.78, 5) is 42.3. The number of ketones is 1. The number of thiophene rings is 1. The quantitative estimate of drug-likeness (QED) is 0.200. The van der Waals surface area contributed by atoms with Crippen LogP contribution in [0.2, 0.25) is 0 Å². The summed E-state index contributed by atoms with van der Waals surface area (Å²) in [6, 6.07) is 5.53. The van der Waals surface area contributed by atoms with Gasteiger partial charge in [-0.15, -0.1) is 11.3 Å². The molecule has 0 N–H and O–H groups in total. The Morgan fingerprint density at radius 2 is 2.10 bits per heavy atom. The summed E-state index contributed by atoms with van der Waals surface area (Å²) in [7, 11) is 1.68. The second kappa shape index (κ2) is 7.72. The number of rotatable bonds is 5. The first-order valence-corrected chi connectivity index (χ1v) is 11.1. The molecule has 9 heteroatoms. The number of aromatic nitrogens is 2. The number of hydrogen-bond acceptors (Lipinski definition) is 7. The summed E-state index contributed by atoms with van der Waals surface area (Å²) < 4.78 is 1.52. The van der Waals surface area contributed by atoms with Crippen LogP contribution in [0.15, 0.2) is 34.2 Å². The lowest BCUT2D eigenvalue weighted by Gasteiger charge is -2.17. The summed E-state index contributed by atoms with van der Waals surface area (Å²) in [6.07, 6.45) is 2.99. The largest absolute Gasteiger partial charge is 0.293 e. The van der Waals surface area contributed by atoms with Crippen LogP contribution < -0.4 is 5.56 Å². The Labute approximate surface area is 174 Å². The van der Waals surface area contributed by atoms with Gasteiger partial charge in [0.15, 0.2) is 10.9 Å². The molecule has 0 amide bonds. The van der Waals surface area contributed by atoms with Crippen LogP contribution in [0.3, 0.4) is 0 Å². The molecule has 1 aliphatic rings. The number of aryl methyl sites for hydroxylation is 1. The number of hydrogen-bond donors (Lipinski definition) is 0. The minimum atomic E-state index is -0.501. The third-order valence-electron chi connectivity index (χ3n) is 5.23. The van der Waals surface area contributed by atoms with Crippen LogP contribution in [-0.2, 0) is 19.9 Å². The van der Waals surface area contributed by atoms with Crippen LogP contribution in [0.4, 0.5) is 5.69 Å². The second-order valence-electron chi connectivity index (χ2n) is 7.31. The van der Waals surface area contributed by atoms with Crippen LogP contribution in [-0.4, -0.2) is 26.0 Å². The number of non-ortho nitro benzene ring substituents is 1. The van der Waals surface area contributed by atoms with E-state index in [9.17, 15) is 19.7 Å². The lowest BCUT2D eigenvalue weighted by Crippen LogP contribution is -2.21. The number of Topliss-reactive ketones (excluding diaryl/α,β-unsaturated/α-hetero) is 1. The van der Waals surface area contributed by atoms with E-state index in [0.29, 0.717) is 16.6 Å². The topological polar surface area (TPSA) is 95.1 Å². The van der Waals surface area contributed by atoms with Gasteiger partial charge < -0.3 is 0 Å². The number of nitrogens with zero attached hydrogens (tertiary/aromatic N) is 3. The molecule has 0 saturated heterocycles. The first kappa shape index (κ1) is 19.8. The molecule has 4 rings (SSSR count). The highest BCUT2D eigenvalue weighted by Gasteiger charge is 2.24. The van der Waals surface area contributed by atoms with E-state index in [1.807, 2.05) is 0 Å². The van der Waals surface area contributed by atoms with Crippen molar-refractivity contribution in [3.8, 4) is 0 Å². The molecular weight excluding hydrogens is 410 g/mol. The fourth-order valence-electron chi connectivity index (χ4n) is 3.56. The smallest absolute Gasteiger partial charge is 0.269 e. The zero-order chi connectivity index (χ0) is 20.7. The van der Waals surface area contributed by atoms with Crippen molar-refractivity contribution in [2.45, 2.75) is 31.3 Å². The Morgan fingerprint density at radius 1 is 1.38 bits per heavy atom. The molecule has 1 atom stereocenters. The van der Waals surface area contributed by atoms with Gasteiger partial charge in [0.2, 0.25) is 0 Å². The minimum Gasteiger partial charge on any atom is -0.293 e.